The highest BCUT2D eigenvalue weighted by molar-refractivity contribution is 5.92. The van der Waals surface area contributed by atoms with Crippen LogP contribution in [-0.4, -0.2) is 21.0 Å². The second-order valence-electron chi connectivity index (χ2n) is 3.89. The lowest BCUT2D eigenvalue weighted by atomic mass is 9.90. The standard InChI is InChI=1S/C12H10N2O2/c15-12(16)10-6-14-11-8-3-4-13-5-7(8)1-2-9(10)11/h3-6,14H,1-2H2,(H,15,16). The van der Waals surface area contributed by atoms with Crippen LogP contribution in [0.15, 0.2) is 24.7 Å². The molecule has 2 N–H and O–H groups in total. The Morgan fingerprint density at radius 3 is 3.12 bits per heavy atom. The Kier molecular flexibility index (Phi) is 1.83. The van der Waals surface area contributed by atoms with Gasteiger partial charge in [-0.2, -0.15) is 0 Å². The van der Waals surface area contributed by atoms with Gasteiger partial charge in [-0.15, -0.1) is 0 Å². The molecule has 0 bridgehead atoms. The third-order valence-electron chi connectivity index (χ3n) is 3.04. The van der Waals surface area contributed by atoms with Gasteiger partial charge in [0.2, 0.25) is 0 Å². The summed E-state index contributed by atoms with van der Waals surface area (Å²) in [5.41, 5.74) is 4.47. The first-order chi connectivity index (χ1) is 7.77. The van der Waals surface area contributed by atoms with Crippen LogP contribution >= 0.6 is 0 Å². The highest BCUT2D eigenvalue weighted by atomic mass is 16.4. The lowest BCUT2D eigenvalue weighted by molar-refractivity contribution is 0.0696. The molecule has 2 aromatic heterocycles. The largest absolute Gasteiger partial charge is 0.478 e. The first kappa shape index (κ1) is 9.15. The summed E-state index contributed by atoms with van der Waals surface area (Å²) >= 11 is 0. The molecular weight excluding hydrogens is 204 g/mol. The maximum atomic E-state index is 11.0. The average Bonchev–Trinajstić information content (AvgIpc) is 2.73. The molecule has 2 heterocycles. The molecule has 2 aromatic rings. The van der Waals surface area contributed by atoms with Crippen LogP contribution in [0.2, 0.25) is 0 Å². The van der Waals surface area contributed by atoms with Gasteiger partial charge in [0.25, 0.3) is 0 Å². The third kappa shape index (κ3) is 1.16. The van der Waals surface area contributed by atoms with Gasteiger partial charge in [0.05, 0.1) is 5.56 Å². The van der Waals surface area contributed by atoms with Gasteiger partial charge in [0.1, 0.15) is 0 Å². The number of carboxylic acid groups (broad SMARTS) is 1. The van der Waals surface area contributed by atoms with Gasteiger partial charge in [0, 0.05) is 29.8 Å². The molecule has 0 saturated heterocycles. The monoisotopic (exact) mass is 214 g/mol. The van der Waals surface area contributed by atoms with Crippen LogP contribution in [0.4, 0.5) is 0 Å². The molecule has 0 spiro atoms. The smallest absolute Gasteiger partial charge is 0.337 e. The highest BCUT2D eigenvalue weighted by Crippen LogP contribution is 2.33. The van der Waals surface area contributed by atoms with Gasteiger partial charge in [0.15, 0.2) is 0 Å². The summed E-state index contributed by atoms with van der Waals surface area (Å²) in [6.45, 7) is 0. The molecule has 3 rings (SSSR count). The van der Waals surface area contributed by atoms with Crippen molar-refractivity contribution in [3.8, 4) is 11.3 Å². The molecule has 0 amide bonds. The van der Waals surface area contributed by atoms with Crippen LogP contribution in [-0.2, 0) is 12.8 Å². The zero-order chi connectivity index (χ0) is 11.1. The van der Waals surface area contributed by atoms with E-state index in [9.17, 15) is 4.79 Å². The number of aromatic amines is 1. The van der Waals surface area contributed by atoms with Crippen LogP contribution < -0.4 is 0 Å². The SMILES string of the molecule is O=C(O)c1c[nH]c2c1CCc1cnccc1-2. The van der Waals surface area contributed by atoms with Gasteiger partial charge in [-0.1, -0.05) is 0 Å². The number of nitrogens with zero attached hydrogens (tertiary/aromatic N) is 1. The molecule has 1 aliphatic carbocycles. The number of fused-ring (bicyclic) bond motifs is 3. The second kappa shape index (κ2) is 3.20. The van der Waals surface area contributed by atoms with E-state index >= 15 is 0 Å². The molecule has 16 heavy (non-hydrogen) atoms. The number of aromatic nitrogens is 2. The zero-order valence-corrected chi connectivity index (χ0v) is 8.53. The molecule has 0 radical (unpaired) electrons. The summed E-state index contributed by atoms with van der Waals surface area (Å²) in [6, 6.07) is 1.93. The fourth-order valence-electron chi connectivity index (χ4n) is 2.27. The van der Waals surface area contributed by atoms with Crippen molar-refractivity contribution in [1.29, 1.82) is 0 Å². The molecule has 0 fully saturated rings. The number of aryl methyl sites for hydroxylation is 1. The molecule has 80 valence electrons. The average molecular weight is 214 g/mol. The van der Waals surface area contributed by atoms with Crippen LogP contribution in [0.1, 0.15) is 21.5 Å². The van der Waals surface area contributed by atoms with E-state index < -0.39 is 5.97 Å². The maximum absolute atomic E-state index is 11.0. The summed E-state index contributed by atoms with van der Waals surface area (Å²) in [5, 5.41) is 9.05. The molecule has 0 aliphatic heterocycles. The van der Waals surface area contributed by atoms with Crippen molar-refractivity contribution >= 4 is 5.97 Å². The Balaban J connectivity index is 2.23. The number of carboxylic acids is 1. The normalized spacial score (nSPS) is 13.0. The van der Waals surface area contributed by atoms with Gasteiger partial charge in [-0.3, -0.25) is 4.98 Å². The van der Waals surface area contributed by atoms with Crippen molar-refractivity contribution in [2.24, 2.45) is 0 Å². The van der Waals surface area contributed by atoms with Crippen molar-refractivity contribution in [2.75, 3.05) is 0 Å². The number of nitrogens with one attached hydrogen (secondary N) is 1. The number of hydrogen-bond acceptors (Lipinski definition) is 2. The molecule has 4 nitrogen and oxygen atoms in total. The van der Waals surface area contributed by atoms with Gasteiger partial charge in [-0.25, -0.2) is 4.79 Å². The summed E-state index contributed by atoms with van der Waals surface area (Å²) in [4.78, 5) is 18.2. The van der Waals surface area contributed by atoms with E-state index in [1.54, 1.807) is 12.4 Å². The van der Waals surface area contributed by atoms with Crippen molar-refractivity contribution in [1.82, 2.24) is 9.97 Å². The van der Waals surface area contributed by atoms with Gasteiger partial charge < -0.3 is 10.1 Å². The van der Waals surface area contributed by atoms with Crippen molar-refractivity contribution in [3.05, 3.63) is 41.3 Å². The zero-order valence-electron chi connectivity index (χ0n) is 8.53. The Labute approximate surface area is 92.0 Å². The fourth-order valence-corrected chi connectivity index (χ4v) is 2.27. The topological polar surface area (TPSA) is 66.0 Å². The maximum Gasteiger partial charge on any atom is 0.337 e. The van der Waals surface area contributed by atoms with E-state index in [1.165, 1.54) is 5.56 Å². The molecule has 4 heteroatoms. The van der Waals surface area contributed by atoms with Gasteiger partial charge >= 0.3 is 5.97 Å². The quantitative estimate of drug-likeness (QED) is 0.761. The van der Waals surface area contributed by atoms with Gasteiger partial charge in [-0.05, 0) is 30.0 Å². The predicted octanol–water partition coefficient (Wildman–Crippen LogP) is 1.87. The lowest BCUT2D eigenvalue weighted by Crippen LogP contribution is -2.07. The number of aromatic carboxylic acids is 1. The molecule has 0 atom stereocenters. The Morgan fingerprint density at radius 1 is 1.44 bits per heavy atom. The first-order valence-corrected chi connectivity index (χ1v) is 5.14. The van der Waals surface area contributed by atoms with E-state index in [0.29, 0.717) is 5.56 Å². The summed E-state index contributed by atoms with van der Waals surface area (Å²) in [6.07, 6.45) is 6.77. The van der Waals surface area contributed by atoms with E-state index in [0.717, 1.165) is 29.7 Å². The minimum Gasteiger partial charge on any atom is -0.478 e. The van der Waals surface area contributed by atoms with Crippen LogP contribution in [0.5, 0.6) is 0 Å². The third-order valence-corrected chi connectivity index (χ3v) is 3.04. The first-order valence-electron chi connectivity index (χ1n) is 5.14. The summed E-state index contributed by atoms with van der Waals surface area (Å²) < 4.78 is 0. The number of rotatable bonds is 1. The molecule has 1 aliphatic rings. The Bertz CT molecular complexity index is 572. The van der Waals surface area contributed by atoms with Crippen molar-refractivity contribution in [2.45, 2.75) is 12.8 Å². The van der Waals surface area contributed by atoms with E-state index in [1.807, 2.05) is 12.3 Å². The van der Waals surface area contributed by atoms with Crippen LogP contribution in [0, 0.1) is 0 Å². The number of carbonyl (C=O) groups is 1. The fraction of sp³-hybridized carbons (Fsp3) is 0.167. The highest BCUT2D eigenvalue weighted by Gasteiger charge is 2.22. The molecule has 0 unspecified atom stereocenters. The number of H-pyrrole nitrogens is 1. The predicted molar refractivity (Wildman–Crippen MR) is 58.4 cm³/mol. The van der Waals surface area contributed by atoms with Crippen LogP contribution in [0.3, 0.4) is 0 Å². The number of hydrogen-bond donors (Lipinski definition) is 2. The second-order valence-corrected chi connectivity index (χ2v) is 3.89. The van der Waals surface area contributed by atoms with Crippen molar-refractivity contribution in [3.63, 3.8) is 0 Å². The van der Waals surface area contributed by atoms with E-state index in [4.69, 9.17) is 5.11 Å². The van der Waals surface area contributed by atoms with E-state index in [2.05, 4.69) is 9.97 Å². The molecule has 0 saturated carbocycles. The lowest BCUT2D eigenvalue weighted by Gasteiger charge is -2.15. The summed E-state index contributed by atoms with van der Waals surface area (Å²) in [5.74, 6) is -0.866. The molecular formula is C12H10N2O2. The Morgan fingerprint density at radius 2 is 2.31 bits per heavy atom. The minimum atomic E-state index is -0.866. The molecule has 0 aromatic carbocycles. The Hall–Kier alpha value is -2.10. The van der Waals surface area contributed by atoms with Crippen LogP contribution in [0.25, 0.3) is 11.3 Å². The minimum absolute atomic E-state index is 0.387. The van der Waals surface area contributed by atoms with E-state index in [-0.39, 0.29) is 0 Å². The van der Waals surface area contributed by atoms with Crippen molar-refractivity contribution < 1.29 is 9.90 Å². The summed E-state index contributed by atoms with van der Waals surface area (Å²) in [7, 11) is 0. The number of pyridine rings is 1.